The third-order valence-corrected chi connectivity index (χ3v) is 2.51. The summed E-state index contributed by atoms with van der Waals surface area (Å²) < 4.78 is 13.3. The molecule has 0 aliphatic rings. The highest BCUT2D eigenvalue weighted by Gasteiger charge is 2.08. The van der Waals surface area contributed by atoms with Gasteiger partial charge in [0.25, 0.3) is 0 Å². The van der Waals surface area contributed by atoms with E-state index in [-0.39, 0.29) is 19.7 Å². The van der Waals surface area contributed by atoms with Crippen LogP contribution in [0, 0.1) is 40.3 Å². The van der Waals surface area contributed by atoms with Gasteiger partial charge in [0.2, 0.25) is 0 Å². The van der Waals surface area contributed by atoms with Gasteiger partial charge >= 0.3 is 0 Å². The van der Waals surface area contributed by atoms with Crippen molar-refractivity contribution in [2.24, 2.45) is 0 Å². The number of rotatable bonds is 5. The molecule has 1 aromatic rings. The van der Waals surface area contributed by atoms with E-state index in [9.17, 15) is 4.39 Å². The van der Waals surface area contributed by atoms with Gasteiger partial charge in [-0.25, -0.2) is 4.39 Å². The first-order valence-corrected chi connectivity index (χ1v) is 6.05. The smallest absolute Gasteiger partial charge is 0.124 e. The molecule has 102 valence electrons. The number of nitrogens with zero attached hydrogens (tertiary/aromatic N) is 3. The second-order valence-electron chi connectivity index (χ2n) is 4.04. The minimum atomic E-state index is -0.394. The first kappa shape index (κ1) is 15.7. The van der Waals surface area contributed by atoms with Gasteiger partial charge in [-0.1, -0.05) is 17.9 Å². The number of benzene rings is 1. The van der Waals surface area contributed by atoms with Crippen LogP contribution < -0.4 is 0 Å². The van der Waals surface area contributed by atoms with Crippen LogP contribution in [0.1, 0.15) is 17.5 Å². The molecule has 0 fully saturated rings. The van der Waals surface area contributed by atoms with Gasteiger partial charge < -0.3 is 5.11 Å². The topological polar surface area (TPSA) is 71.0 Å². The van der Waals surface area contributed by atoms with Crippen LogP contribution in [0.3, 0.4) is 0 Å². The van der Waals surface area contributed by atoms with Crippen molar-refractivity contribution in [1.82, 2.24) is 4.90 Å². The highest BCUT2D eigenvalue weighted by Crippen LogP contribution is 2.13. The molecule has 1 N–H and O–H groups in total. The van der Waals surface area contributed by atoms with Crippen LogP contribution in [-0.4, -0.2) is 29.7 Å². The molecule has 0 aliphatic carbocycles. The number of aliphatic hydroxyl groups is 1. The largest absolute Gasteiger partial charge is 0.395 e. The van der Waals surface area contributed by atoms with Crippen LogP contribution in [0.25, 0.3) is 0 Å². The van der Waals surface area contributed by atoms with Crippen LogP contribution >= 0.6 is 0 Å². The lowest BCUT2D eigenvalue weighted by Crippen LogP contribution is -2.24. The van der Waals surface area contributed by atoms with Crippen molar-refractivity contribution in [3.05, 3.63) is 35.1 Å². The van der Waals surface area contributed by atoms with Crippen LogP contribution in [0.4, 0.5) is 4.39 Å². The van der Waals surface area contributed by atoms with Crippen LogP contribution in [0.2, 0.25) is 0 Å². The van der Waals surface area contributed by atoms with Crippen molar-refractivity contribution >= 4 is 0 Å². The minimum Gasteiger partial charge on any atom is -0.395 e. The third-order valence-electron chi connectivity index (χ3n) is 2.51. The van der Waals surface area contributed by atoms with E-state index in [2.05, 4.69) is 11.8 Å². The molecule has 0 atom stereocenters. The summed E-state index contributed by atoms with van der Waals surface area (Å²) in [5.41, 5.74) is 1.27. The van der Waals surface area contributed by atoms with Crippen molar-refractivity contribution in [3.63, 3.8) is 0 Å². The molecule has 0 unspecified atom stereocenters. The number of hydrogen-bond donors (Lipinski definition) is 1. The second-order valence-corrected chi connectivity index (χ2v) is 4.04. The normalized spacial score (nSPS) is 9.45. The molecular weight excluding hydrogens is 257 g/mol. The number of nitriles is 2. The van der Waals surface area contributed by atoms with Crippen molar-refractivity contribution < 1.29 is 9.50 Å². The highest BCUT2D eigenvalue weighted by atomic mass is 19.1. The lowest BCUT2D eigenvalue weighted by molar-refractivity contribution is 0.305. The average molecular weight is 271 g/mol. The van der Waals surface area contributed by atoms with Gasteiger partial charge in [-0.05, 0) is 17.7 Å². The summed E-state index contributed by atoms with van der Waals surface area (Å²) in [6.45, 7) is 0.542. The van der Waals surface area contributed by atoms with Gasteiger partial charge in [-0.2, -0.15) is 10.5 Å². The Bertz CT molecular complexity index is 574. The lowest BCUT2D eigenvalue weighted by atomic mass is 10.1. The standard InChI is InChI=1S/C15H14FN3O/c16-15-5-4-14(12-19(8-6-17)9-7-18)13(11-15)3-1-2-10-20/h4-5,11,20H,2,8-10,12H2. The molecule has 0 spiro atoms. The quantitative estimate of drug-likeness (QED) is 0.649. The summed E-state index contributed by atoms with van der Waals surface area (Å²) in [6, 6.07) is 8.21. The summed E-state index contributed by atoms with van der Waals surface area (Å²) in [6.07, 6.45) is 0.316. The fourth-order valence-electron chi connectivity index (χ4n) is 1.63. The molecule has 0 heterocycles. The lowest BCUT2D eigenvalue weighted by Gasteiger charge is -2.16. The Balaban J connectivity index is 2.97. The van der Waals surface area contributed by atoms with Crippen molar-refractivity contribution in [1.29, 1.82) is 10.5 Å². The summed E-state index contributed by atoms with van der Waals surface area (Å²) >= 11 is 0. The minimum absolute atomic E-state index is 0.0490. The second kappa shape index (κ2) is 8.67. The van der Waals surface area contributed by atoms with E-state index in [1.807, 2.05) is 12.1 Å². The van der Waals surface area contributed by atoms with E-state index < -0.39 is 5.82 Å². The van der Waals surface area contributed by atoms with Crippen molar-refractivity contribution in [2.75, 3.05) is 19.7 Å². The third kappa shape index (κ3) is 5.08. The van der Waals surface area contributed by atoms with Gasteiger partial charge in [0.1, 0.15) is 5.82 Å². The zero-order valence-corrected chi connectivity index (χ0v) is 10.9. The molecule has 0 saturated heterocycles. The first-order valence-electron chi connectivity index (χ1n) is 6.05. The monoisotopic (exact) mass is 271 g/mol. The fourth-order valence-corrected chi connectivity index (χ4v) is 1.63. The molecular formula is C15H14FN3O. The molecule has 1 aromatic carbocycles. The molecule has 5 heteroatoms. The number of aliphatic hydroxyl groups excluding tert-OH is 1. The number of halogens is 1. The summed E-state index contributed by atoms with van der Waals surface area (Å²) in [5.74, 6) is 5.15. The molecule has 0 radical (unpaired) electrons. The highest BCUT2D eigenvalue weighted by molar-refractivity contribution is 5.41. The Labute approximate surface area is 117 Å². The molecule has 0 aromatic heterocycles. The van der Waals surface area contributed by atoms with Gasteiger partial charge in [0.15, 0.2) is 0 Å². The fraction of sp³-hybridized carbons (Fsp3) is 0.333. The SMILES string of the molecule is N#CCN(CC#N)Cc1ccc(F)cc1C#CCCO. The molecule has 20 heavy (non-hydrogen) atoms. The number of hydrogen-bond acceptors (Lipinski definition) is 4. The molecule has 0 bridgehead atoms. The Kier molecular flexibility index (Phi) is 6.79. The van der Waals surface area contributed by atoms with Crippen LogP contribution in [-0.2, 0) is 6.54 Å². The maximum atomic E-state index is 13.3. The zero-order chi connectivity index (χ0) is 14.8. The van der Waals surface area contributed by atoms with Gasteiger partial charge in [0.05, 0.1) is 31.8 Å². The first-order chi connectivity index (χ1) is 9.71. The summed E-state index contributed by atoms with van der Waals surface area (Å²) in [4.78, 5) is 1.64. The predicted octanol–water partition coefficient (Wildman–Crippen LogP) is 1.41. The van der Waals surface area contributed by atoms with E-state index >= 15 is 0 Å². The van der Waals surface area contributed by atoms with Crippen molar-refractivity contribution in [3.8, 4) is 24.0 Å². The molecule has 0 amide bonds. The van der Waals surface area contributed by atoms with E-state index in [1.54, 1.807) is 11.0 Å². The zero-order valence-electron chi connectivity index (χ0n) is 10.9. The van der Waals surface area contributed by atoms with E-state index in [1.165, 1.54) is 12.1 Å². The van der Waals surface area contributed by atoms with Crippen LogP contribution in [0.5, 0.6) is 0 Å². The van der Waals surface area contributed by atoms with Gasteiger partial charge in [0, 0.05) is 18.5 Å². The Morgan fingerprint density at radius 1 is 1.20 bits per heavy atom. The Morgan fingerprint density at radius 3 is 2.50 bits per heavy atom. The van der Waals surface area contributed by atoms with E-state index in [0.29, 0.717) is 18.5 Å². The van der Waals surface area contributed by atoms with E-state index in [4.69, 9.17) is 15.6 Å². The average Bonchev–Trinajstić information content (AvgIpc) is 2.42. The van der Waals surface area contributed by atoms with Gasteiger partial charge in [-0.15, -0.1) is 0 Å². The Hall–Kier alpha value is -2.39. The maximum absolute atomic E-state index is 13.3. The maximum Gasteiger partial charge on any atom is 0.124 e. The molecule has 4 nitrogen and oxygen atoms in total. The Morgan fingerprint density at radius 2 is 1.90 bits per heavy atom. The molecule has 0 saturated carbocycles. The summed E-state index contributed by atoms with van der Waals surface area (Å²) in [5, 5.41) is 26.1. The van der Waals surface area contributed by atoms with E-state index in [0.717, 1.165) is 5.56 Å². The molecule has 0 aliphatic heterocycles. The van der Waals surface area contributed by atoms with Gasteiger partial charge in [-0.3, -0.25) is 4.90 Å². The van der Waals surface area contributed by atoms with Crippen molar-refractivity contribution in [2.45, 2.75) is 13.0 Å². The predicted molar refractivity (Wildman–Crippen MR) is 71.5 cm³/mol. The summed E-state index contributed by atoms with van der Waals surface area (Å²) in [7, 11) is 0. The van der Waals surface area contributed by atoms with Crippen LogP contribution in [0.15, 0.2) is 18.2 Å². The molecule has 1 rings (SSSR count).